The van der Waals surface area contributed by atoms with E-state index < -0.39 is 23.0 Å². The molecule has 5 aromatic rings. The zero-order valence-corrected chi connectivity index (χ0v) is 30.4. The number of ether oxygens (including phenoxy) is 1. The van der Waals surface area contributed by atoms with Crippen molar-refractivity contribution in [1.29, 1.82) is 0 Å². The van der Waals surface area contributed by atoms with Crippen LogP contribution in [0.4, 0.5) is 10.7 Å². The molecule has 1 unspecified atom stereocenters. The third-order valence-corrected chi connectivity index (χ3v) is 11.1. The van der Waals surface area contributed by atoms with E-state index in [-0.39, 0.29) is 17.5 Å². The van der Waals surface area contributed by atoms with Gasteiger partial charge in [-0.3, -0.25) is 19.2 Å². The summed E-state index contributed by atoms with van der Waals surface area (Å²) in [6, 6.07) is 23.4. The third kappa shape index (κ3) is 8.11. The maximum atomic E-state index is 13.8. The number of aromatic amines is 1. The van der Waals surface area contributed by atoms with Crippen molar-refractivity contribution in [1.82, 2.24) is 15.2 Å². The molecule has 0 saturated carbocycles. The quantitative estimate of drug-likeness (QED) is 0.0660. The number of esters is 1. The van der Waals surface area contributed by atoms with Gasteiger partial charge >= 0.3 is 5.97 Å². The number of para-hydroxylation sites is 1. The molecule has 0 bridgehead atoms. The summed E-state index contributed by atoms with van der Waals surface area (Å²) in [5.74, 6) is -1.83. The van der Waals surface area contributed by atoms with Crippen molar-refractivity contribution >= 4 is 80.4 Å². The average molecular weight is 736 g/mol. The van der Waals surface area contributed by atoms with Gasteiger partial charge in [-0.15, -0.1) is 23.1 Å². The fraction of sp³-hybridized carbons (Fsp3) is 0.205. The van der Waals surface area contributed by atoms with E-state index in [2.05, 4.69) is 20.9 Å². The van der Waals surface area contributed by atoms with Gasteiger partial charge in [-0.1, -0.05) is 49.4 Å². The predicted octanol–water partition coefficient (Wildman–Crippen LogP) is 6.84. The Morgan fingerprint density at radius 2 is 1.77 bits per heavy atom. The van der Waals surface area contributed by atoms with Crippen molar-refractivity contribution < 1.29 is 28.7 Å². The lowest BCUT2D eigenvalue weighted by atomic mass is 10.0. The fourth-order valence-corrected chi connectivity index (χ4v) is 8.18. The number of hydrogen-bond acceptors (Lipinski definition) is 8. The van der Waals surface area contributed by atoms with Gasteiger partial charge in [-0.05, 0) is 60.9 Å². The van der Waals surface area contributed by atoms with E-state index in [1.807, 2.05) is 43.3 Å². The van der Waals surface area contributed by atoms with Crippen LogP contribution < -0.4 is 16.0 Å². The van der Waals surface area contributed by atoms with Crippen LogP contribution in [0, 0.1) is 0 Å². The molecule has 0 aliphatic carbocycles. The van der Waals surface area contributed by atoms with Gasteiger partial charge < -0.3 is 30.6 Å². The van der Waals surface area contributed by atoms with Crippen molar-refractivity contribution in [3.05, 3.63) is 118 Å². The Balaban J connectivity index is 1.19. The van der Waals surface area contributed by atoms with E-state index in [9.17, 15) is 24.0 Å². The number of thioether (sulfide) groups is 1. The average Bonchev–Trinajstić information content (AvgIpc) is 3.73. The van der Waals surface area contributed by atoms with Crippen LogP contribution in [0.2, 0.25) is 0 Å². The Morgan fingerprint density at radius 1 is 1.00 bits per heavy atom. The molecule has 4 amide bonds. The number of methoxy groups -OCH3 is 1. The molecule has 0 spiro atoms. The van der Waals surface area contributed by atoms with Crippen molar-refractivity contribution in [2.45, 2.75) is 43.4 Å². The molecule has 0 saturated heterocycles. The molecule has 1 aliphatic heterocycles. The van der Waals surface area contributed by atoms with Gasteiger partial charge in [0.25, 0.3) is 11.8 Å². The van der Waals surface area contributed by atoms with Crippen LogP contribution in [-0.4, -0.2) is 58.4 Å². The van der Waals surface area contributed by atoms with Gasteiger partial charge in [0.15, 0.2) is 0 Å². The largest absolute Gasteiger partial charge is 0.465 e. The van der Waals surface area contributed by atoms with Crippen molar-refractivity contribution in [2.24, 2.45) is 0 Å². The monoisotopic (exact) mass is 735 g/mol. The van der Waals surface area contributed by atoms with Crippen LogP contribution in [0.15, 0.2) is 95.7 Å². The number of rotatable bonds is 11. The number of aromatic nitrogens is 1. The van der Waals surface area contributed by atoms with Crippen LogP contribution in [0.5, 0.6) is 0 Å². The minimum atomic E-state index is -0.536. The lowest BCUT2D eigenvalue weighted by Gasteiger charge is -2.25. The first-order chi connectivity index (χ1) is 25.1. The molecule has 266 valence electrons. The molecule has 3 heterocycles. The molecule has 1 atom stereocenters. The van der Waals surface area contributed by atoms with Gasteiger partial charge in [0.1, 0.15) is 10.7 Å². The highest BCUT2D eigenvalue weighted by Crippen LogP contribution is 2.38. The zero-order valence-electron chi connectivity index (χ0n) is 28.8. The molecular formula is C39H37N5O6S2. The number of carbonyl (C=O) groups excluding carboxylic acids is 5. The van der Waals surface area contributed by atoms with Gasteiger partial charge in [-0.25, -0.2) is 4.79 Å². The second-order valence-corrected chi connectivity index (χ2v) is 14.4. The van der Waals surface area contributed by atoms with Gasteiger partial charge in [0.05, 0.1) is 24.5 Å². The smallest absolute Gasteiger partial charge is 0.341 e. The highest BCUT2D eigenvalue weighted by molar-refractivity contribution is 8.00. The SMILES string of the molecule is CCC(Sc1cccc(NC(=O)/C(=C/c2c[nH]c3ccccc23)NC(=O)c2ccccc2)c1)C(=O)Nc1sc2c(c1C(=O)OC)CCN(C(C)=O)C2. The summed E-state index contributed by atoms with van der Waals surface area (Å²) in [4.78, 5) is 71.9. The van der Waals surface area contributed by atoms with Crippen LogP contribution in [0.3, 0.4) is 0 Å². The van der Waals surface area contributed by atoms with Crippen molar-refractivity contribution in [3.8, 4) is 0 Å². The topological polar surface area (TPSA) is 150 Å². The molecule has 0 radical (unpaired) electrons. The van der Waals surface area contributed by atoms with E-state index in [1.54, 1.807) is 59.6 Å². The second kappa shape index (κ2) is 16.1. The number of amides is 4. The molecule has 0 fully saturated rings. The first kappa shape index (κ1) is 36.1. The Morgan fingerprint density at radius 3 is 2.52 bits per heavy atom. The lowest BCUT2D eigenvalue weighted by molar-refractivity contribution is -0.129. The van der Waals surface area contributed by atoms with E-state index in [0.717, 1.165) is 31.8 Å². The third-order valence-electron chi connectivity index (χ3n) is 8.61. The number of thiophene rings is 1. The highest BCUT2D eigenvalue weighted by atomic mass is 32.2. The molecular weight excluding hydrogens is 699 g/mol. The highest BCUT2D eigenvalue weighted by Gasteiger charge is 2.31. The standard InChI is InChI=1S/C39H37N5O6S2/c1-4-32(37(48)43-38-34(39(49)50-3)29-17-18-44(23(2)45)22-33(29)52-38)51-27-14-10-13-26(20-27)41-36(47)31(42-35(46)24-11-6-5-7-12-24)19-25-21-40-30-16-9-8-15-28(25)30/h5-16,19-21,32,40H,4,17-18,22H2,1-3H3,(H,41,47)(H,42,46)(H,43,48)/b31-19-. The number of nitrogens with zero attached hydrogens (tertiary/aromatic N) is 1. The van der Waals surface area contributed by atoms with Crippen LogP contribution >= 0.6 is 23.1 Å². The summed E-state index contributed by atoms with van der Waals surface area (Å²) in [5, 5.41) is 9.40. The van der Waals surface area contributed by atoms with Crippen molar-refractivity contribution in [2.75, 3.05) is 24.3 Å². The molecule has 52 heavy (non-hydrogen) atoms. The summed E-state index contributed by atoms with van der Waals surface area (Å²) >= 11 is 2.61. The molecule has 2 aromatic heterocycles. The minimum Gasteiger partial charge on any atom is -0.465 e. The molecule has 6 rings (SSSR count). The number of benzene rings is 3. The first-order valence-electron chi connectivity index (χ1n) is 16.7. The van der Waals surface area contributed by atoms with E-state index in [4.69, 9.17) is 4.74 Å². The van der Waals surface area contributed by atoms with E-state index >= 15 is 0 Å². The van der Waals surface area contributed by atoms with Gasteiger partial charge in [0.2, 0.25) is 11.8 Å². The van der Waals surface area contributed by atoms with Crippen molar-refractivity contribution in [3.63, 3.8) is 0 Å². The van der Waals surface area contributed by atoms with Crippen LogP contribution in [0.25, 0.3) is 17.0 Å². The maximum absolute atomic E-state index is 13.8. The Kier molecular flexibility index (Phi) is 11.2. The summed E-state index contributed by atoms with van der Waals surface area (Å²) in [5.41, 5.74) is 3.68. The normalized spacial score (nSPS) is 13.2. The van der Waals surface area contributed by atoms with Gasteiger partial charge in [-0.2, -0.15) is 0 Å². The number of carbonyl (C=O) groups is 5. The first-order valence-corrected chi connectivity index (χ1v) is 18.4. The number of fused-ring (bicyclic) bond motifs is 2. The summed E-state index contributed by atoms with van der Waals surface area (Å²) in [6.07, 6.45) is 4.38. The Labute approximate surface area is 308 Å². The summed E-state index contributed by atoms with van der Waals surface area (Å²) < 4.78 is 5.06. The summed E-state index contributed by atoms with van der Waals surface area (Å²) in [7, 11) is 1.30. The molecule has 1 aliphatic rings. The minimum absolute atomic E-state index is 0.0500. The molecule has 13 heteroatoms. The fourth-order valence-electron chi connectivity index (χ4n) is 5.91. The predicted molar refractivity (Wildman–Crippen MR) is 204 cm³/mol. The number of anilines is 2. The zero-order chi connectivity index (χ0) is 36.8. The van der Waals surface area contributed by atoms with Crippen LogP contribution in [0.1, 0.15) is 57.0 Å². The number of hydrogen-bond donors (Lipinski definition) is 4. The van der Waals surface area contributed by atoms with Gasteiger partial charge in [0, 0.05) is 57.2 Å². The summed E-state index contributed by atoms with van der Waals surface area (Å²) in [6.45, 7) is 4.26. The maximum Gasteiger partial charge on any atom is 0.341 e. The second-order valence-electron chi connectivity index (χ2n) is 12.0. The molecule has 4 N–H and O–H groups in total. The lowest BCUT2D eigenvalue weighted by Crippen LogP contribution is -2.34. The Hall–Kier alpha value is -5.66. The van der Waals surface area contributed by atoms with E-state index in [1.165, 1.54) is 37.1 Å². The molecule has 3 aromatic carbocycles. The van der Waals surface area contributed by atoms with Crippen LogP contribution in [-0.2, 0) is 32.1 Å². The number of nitrogens with one attached hydrogen (secondary N) is 4. The molecule has 11 nitrogen and oxygen atoms in total. The Bertz CT molecular complexity index is 2190. The van der Waals surface area contributed by atoms with E-state index in [0.29, 0.717) is 47.7 Å². The number of H-pyrrole nitrogens is 1.